The third-order valence-electron chi connectivity index (χ3n) is 3.34. The number of thiophene rings is 1. The topological polar surface area (TPSA) is 41.6 Å². The smallest absolute Gasteiger partial charge is 0.236 e. The third-order valence-corrected chi connectivity index (χ3v) is 4.36. The van der Waals surface area contributed by atoms with Crippen LogP contribution in [0.3, 0.4) is 0 Å². The standard InChI is InChI=1S/C12H16N2O2S/c15-12(5-13-10-7-16-8-10)14-3-1-11-9(6-14)2-4-17-11/h2,4,10,13H,1,3,5-8H2. The highest BCUT2D eigenvalue weighted by molar-refractivity contribution is 7.10. The predicted octanol–water partition coefficient (Wildman–Crippen LogP) is 0.621. The highest BCUT2D eigenvalue weighted by Crippen LogP contribution is 2.23. The average Bonchev–Trinajstić information content (AvgIpc) is 2.73. The lowest BCUT2D eigenvalue weighted by Gasteiger charge is -2.30. The minimum atomic E-state index is 0.203. The van der Waals surface area contributed by atoms with Gasteiger partial charge in [0.05, 0.1) is 25.8 Å². The van der Waals surface area contributed by atoms with Crippen molar-refractivity contribution in [3.8, 4) is 0 Å². The van der Waals surface area contributed by atoms with E-state index in [2.05, 4.69) is 16.8 Å². The van der Waals surface area contributed by atoms with Crippen molar-refractivity contribution in [1.82, 2.24) is 10.2 Å². The Morgan fingerprint density at radius 1 is 1.59 bits per heavy atom. The molecule has 1 saturated heterocycles. The van der Waals surface area contributed by atoms with E-state index in [0.29, 0.717) is 12.6 Å². The van der Waals surface area contributed by atoms with E-state index in [9.17, 15) is 4.79 Å². The largest absolute Gasteiger partial charge is 0.378 e. The lowest BCUT2D eigenvalue weighted by molar-refractivity contribution is -0.131. The van der Waals surface area contributed by atoms with Gasteiger partial charge in [-0.25, -0.2) is 0 Å². The molecular weight excluding hydrogens is 236 g/mol. The maximum absolute atomic E-state index is 12.0. The molecule has 0 aromatic carbocycles. The SMILES string of the molecule is O=C(CNC1COC1)N1CCc2sccc2C1. The van der Waals surface area contributed by atoms with Gasteiger partial charge in [-0.3, -0.25) is 4.79 Å². The fourth-order valence-electron chi connectivity index (χ4n) is 2.16. The average molecular weight is 252 g/mol. The Kier molecular flexibility index (Phi) is 3.13. The predicted molar refractivity (Wildman–Crippen MR) is 66.0 cm³/mol. The van der Waals surface area contributed by atoms with Crippen molar-refractivity contribution < 1.29 is 9.53 Å². The second kappa shape index (κ2) is 4.76. The summed E-state index contributed by atoms with van der Waals surface area (Å²) in [6.07, 6.45) is 1.01. The van der Waals surface area contributed by atoms with E-state index in [1.807, 2.05) is 4.90 Å². The van der Waals surface area contributed by atoms with Gasteiger partial charge in [-0.2, -0.15) is 0 Å². The quantitative estimate of drug-likeness (QED) is 0.857. The normalized spacial score (nSPS) is 19.9. The van der Waals surface area contributed by atoms with Crippen LogP contribution in [0.4, 0.5) is 0 Å². The number of rotatable bonds is 3. The molecule has 5 heteroatoms. The van der Waals surface area contributed by atoms with Gasteiger partial charge in [0, 0.05) is 18.0 Å². The molecule has 0 unspecified atom stereocenters. The van der Waals surface area contributed by atoms with Gasteiger partial charge in [0.25, 0.3) is 0 Å². The van der Waals surface area contributed by atoms with Crippen LogP contribution >= 0.6 is 11.3 Å². The number of amides is 1. The minimum Gasteiger partial charge on any atom is -0.378 e. The van der Waals surface area contributed by atoms with Gasteiger partial charge in [0.15, 0.2) is 0 Å². The molecule has 1 fully saturated rings. The van der Waals surface area contributed by atoms with Crippen LogP contribution in [-0.4, -0.2) is 43.2 Å². The number of hydrogen-bond donors (Lipinski definition) is 1. The summed E-state index contributed by atoms with van der Waals surface area (Å²) in [4.78, 5) is 15.4. The first kappa shape index (κ1) is 11.2. The highest BCUT2D eigenvalue weighted by Gasteiger charge is 2.23. The number of fused-ring (bicyclic) bond motifs is 1. The number of hydrogen-bond acceptors (Lipinski definition) is 4. The fourth-order valence-corrected chi connectivity index (χ4v) is 3.05. The van der Waals surface area contributed by atoms with Gasteiger partial charge in [-0.05, 0) is 23.4 Å². The second-order valence-electron chi connectivity index (χ2n) is 4.55. The number of nitrogens with one attached hydrogen (secondary N) is 1. The summed E-state index contributed by atoms with van der Waals surface area (Å²) >= 11 is 1.80. The Balaban J connectivity index is 1.53. The van der Waals surface area contributed by atoms with Gasteiger partial charge in [0.1, 0.15) is 0 Å². The van der Waals surface area contributed by atoms with E-state index in [1.54, 1.807) is 11.3 Å². The molecule has 4 nitrogen and oxygen atoms in total. The number of carbonyl (C=O) groups excluding carboxylic acids is 1. The molecule has 17 heavy (non-hydrogen) atoms. The lowest BCUT2D eigenvalue weighted by atomic mass is 10.1. The van der Waals surface area contributed by atoms with Crippen LogP contribution in [0.25, 0.3) is 0 Å². The second-order valence-corrected chi connectivity index (χ2v) is 5.55. The zero-order valence-electron chi connectivity index (χ0n) is 9.65. The molecule has 0 aliphatic carbocycles. The summed E-state index contributed by atoms with van der Waals surface area (Å²) in [6.45, 7) is 3.55. The Bertz CT molecular complexity index is 414. The molecule has 1 aromatic heterocycles. The zero-order valence-corrected chi connectivity index (χ0v) is 10.5. The van der Waals surface area contributed by atoms with Gasteiger partial charge in [0.2, 0.25) is 5.91 Å². The first-order valence-corrected chi connectivity index (χ1v) is 6.85. The molecule has 92 valence electrons. The van der Waals surface area contributed by atoms with E-state index < -0.39 is 0 Å². The molecule has 0 atom stereocenters. The molecule has 0 radical (unpaired) electrons. The van der Waals surface area contributed by atoms with E-state index in [1.165, 1.54) is 10.4 Å². The summed E-state index contributed by atoms with van der Waals surface area (Å²) in [7, 11) is 0. The van der Waals surface area contributed by atoms with Crippen molar-refractivity contribution in [1.29, 1.82) is 0 Å². The van der Waals surface area contributed by atoms with Crippen LogP contribution in [0.15, 0.2) is 11.4 Å². The molecule has 2 aliphatic heterocycles. The first-order valence-electron chi connectivity index (χ1n) is 5.97. The molecule has 2 aliphatic rings. The molecule has 0 saturated carbocycles. The Morgan fingerprint density at radius 3 is 3.24 bits per heavy atom. The van der Waals surface area contributed by atoms with Crippen molar-refractivity contribution in [3.05, 3.63) is 21.9 Å². The molecule has 1 N–H and O–H groups in total. The number of nitrogens with zero attached hydrogens (tertiary/aromatic N) is 1. The lowest BCUT2D eigenvalue weighted by Crippen LogP contribution is -2.50. The van der Waals surface area contributed by atoms with E-state index in [0.717, 1.165) is 32.7 Å². The van der Waals surface area contributed by atoms with Crippen LogP contribution in [0.2, 0.25) is 0 Å². The summed E-state index contributed by atoms with van der Waals surface area (Å²) in [5, 5.41) is 5.33. The summed E-state index contributed by atoms with van der Waals surface area (Å²) in [6, 6.07) is 2.51. The number of ether oxygens (including phenoxy) is 1. The van der Waals surface area contributed by atoms with Crippen molar-refractivity contribution in [2.75, 3.05) is 26.3 Å². The Morgan fingerprint density at radius 2 is 2.47 bits per heavy atom. The van der Waals surface area contributed by atoms with Crippen molar-refractivity contribution in [3.63, 3.8) is 0 Å². The van der Waals surface area contributed by atoms with E-state index in [4.69, 9.17) is 4.74 Å². The van der Waals surface area contributed by atoms with Crippen LogP contribution < -0.4 is 5.32 Å². The monoisotopic (exact) mass is 252 g/mol. The first-order chi connectivity index (χ1) is 8.33. The maximum Gasteiger partial charge on any atom is 0.236 e. The minimum absolute atomic E-state index is 0.203. The third kappa shape index (κ3) is 2.36. The van der Waals surface area contributed by atoms with Crippen LogP contribution in [-0.2, 0) is 22.5 Å². The molecule has 3 rings (SSSR count). The van der Waals surface area contributed by atoms with Gasteiger partial charge in [-0.1, -0.05) is 0 Å². The Hall–Kier alpha value is -0.910. The van der Waals surface area contributed by atoms with E-state index >= 15 is 0 Å². The highest BCUT2D eigenvalue weighted by atomic mass is 32.1. The summed E-state index contributed by atoms with van der Waals surface area (Å²) < 4.78 is 5.06. The summed E-state index contributed by atoms with van der Waals surface area (Å²) in [5.74, 6) is 0.203. The van der Waals surface area contributed by atoms with Crippen LogP contribution in [0.1, 0.15) is 10.4 Å². The Labute approximate surface area is 105 Å². The molecule has 3 heterocycles. The van der Waals surface area contributed by atoms with Crippen molar-refractivity contribution in [2.45, 2.75) is 19.0 Å². The molecule has 1 amide bonds. The fraction of sp³-hybridized carbons (Fsp3) is 0.583. The zero-order chi connectivity index (χ0) is 11.7. The molecule has 1 aromatic rings. The molecule has 0 bridgehead atoms. The molecular formula is C12H16N2O2S. The van der Waals surface area contributed by atoms with Crippen molar-refractivity contribution in [2.24, 2.45) is 0 Å². The van der Waals surface area contributed by atoms with Crippen LogP contribution in [0, 0.1) is 0 Å². The van der Waals surface area contributed by atoms with Crippen LogP contribution in [0.5, 0.6) is 0 Å². The van der Waals surface area contributed by atoms with Gasteiger partial charge in [-0.15, -0.1) is 11.3 Å². The summed E-state index contributed by atoms with van der Waals surface area (Å²) in [5.41, 5.74) is 1.32. The molecule has 0 spiro atoms. The maximum atomic E-state index is 12.0. The number of carbonyl (C=O) groups is 1. The van der Waals surface area contributed by atoms with Gasteiger partial charge >= 0.3 is 0 Å². The van der Waals surface area contributed by atoms with E-state index in [-0.39, 0.29) is 5.91 Å². The van der Waals surface area contributed by atoms with Crippen molar-refractivity contribution >= 4 is 17.2 Å². The van der Waals surface area contributed by atoms with Gasteiger partial charge < -0.3 is 15.0 Å².